The maximum atomic E-state index is 12.9. The molecule has 2 heterocycles. The molecule has 2 nitrogen and oxygen atoms in total. The molecule has 0 bridgehead atoms. The van der Waals surface area contributed by atoms with Crippen LogP contribution < -0.4 is 5.32 Å². The molecule has 3 heteroatoms. The van der Waals surface area contributed by atoms with Crippen molar-refractivity contribution in [3.63, 3.8) is 0 Å². The highest BCUT2D eigenvalue weighted by Gasteiger charge is 2.18. The van der Waals surface area contributed by atoms with Crippen molar-refractivity contribution in [2.24, 2.45) is 0 Å². The van der Waals surface area contributed by atoms with Crippen LogP contribution in [0, 0.1) is 12.9 Å². The fourth-order valence-electron chi connectivity index (χ4n) is 1.87. The Morgan fingerprint density at radius 1 is 1.62 bits per heavy atom. The lowest BCUT2D eigenvalue weighted by molar-refractivity contribution is 0.576. The minimum atomic E-state index is -0.368. The first-order valence-corrected chi connectivity index (χ1v) is 4.60. The van der Waals surface area contributed by atoms with E-state index < -0.39 is 0 Å². The highest BCUT2D eigenvalue weighted by Crippen LogP contribution is 2.24. The molecule has 1 fully saturated rings. The molecule has 1 unspecified atom stereocenters. The quantitative estimate of drug-likeness (QED) is 0.664. The lowest BCUT2D eigenvalue weighted by atomic mass is 9.96. The summed E-state index contributed by atoms with van der Waals surface area (Å²) in [6, 6.07) is 1.56. The maximum Gasteiger partial charge on any atom is 0.213 e. The van der Waals surface area contributed by atoms with E-state index in [0.717, 1.165) is 30.6 Å². The Balaban J connectivity index is 2.32. The van der Waals surface area contributed by atoms with Crippen LogP contribution >= 0.6 is 0 Å². The number of nitrogens with zero attached hydrogens (tertiary/aromatic N) is 1. The highest BCUT2D eigenvalue weighted by molar-refractivity contribution is 5.27. The van der Waals surface area contributed by atoms with Crippen LogP contribution in [0.15, 0.2) is 12.3 Å². The fraction of sp³-hybridized carbons (Fsp3) is 0.500. The minimum Gasteiger partial charge on any atom is -0.316 e. The van der Waals surface area contributed by atoms with Gasteiger partial charge in [-0.15, -0.1) is 0 Å². The molecule has 0 aromatic carbocycles. The van der Waals surface area contributed by atoms with Crippen LogP contribution in [0.25, 0.3) is 0 Å². The van der Waals surface area contributed by atoms with Crippen LogP contribution in [0.4, 0.5) is 4.39 Å². The molecule has 2 rings (SSSR count). The average Bonchev–Trinajstić information content (AvgIpc) is 2.61. The highest BCUT2D eigenvalue weighted by atomic mass is 19.1. The van der Waals surface area contributed by atoms with Gasteiger partial charge in [0.2, 0.25) is 5.95 Å². The number of hydrogen-bond donors (Lipinski definition) is 1. The Hall–Kier alpha value is -0.960. The molecule has 1 atom stereocenters. The zero-order valence-electron chi connectivity index (χ0n) is 7.68. The fourth-order valence-corrected chi connectivity index (χ4v) is 1.87. The van der Waals surface area contributed by atoms with Gasteiger partial charge in [-0.3, -0.25) is 0 Å². The number of halogens is 1. The van der Waals surface area contributed by atoms with Crippen molar-refractivity contribution in [3.05, 3.63) is 29.3 Å². The second-order valence-corrected chi connectivity index (χ2v) is 3.55. The molecule has 1 aromatic rings. The average molecular weight is 180 g/mol. The third-order valence-electron chi connectivity index (χ3n) is 2.61. The molecule has 0 spiro atoms. The summed E-state index contributed by atoms with van der Waals surface area (Å²) in [6.07, 6.45) is 2.72. The molecule has 70 valence electrons. The maximum absolute atomic E-state index is 12.9. The molecule has 1 aliphatic rings. The third-order valence-corrected chi connectivity index (χ3v) is 2.61. The summed E-state index contributed by atoms with van der Waals surface area (Å²) in [5.41, 5.74) is 2.20. The SMILES string of the molecule is Cc1cnc(F)cc1C1CCNC1. The Bertz CT molecular complexity index is 306. The van der Waals surface area contributed by atoms with Gasteiger partial charge in [-0.05, 0) is 43.0 Å². The molecule has 0 aliphatic carbocycles. The van der Waals surface area contributed by atoms with Crippen molar-refractivity contribution in [2.75, 3.05) is 13.1 Å². The van der Waals surface area contributed by atoms with Gasteiger partial charge in [-0.1, -0.05) is 0 Å². The first-order valence-electron chi connectivity index (χ1n) is 4.60. The van der Waals surface area contributed by atoms with E-state index in [1.807, 2.05) is 6.92 Å². The van der Waals surface area contributed by atoms with Gasteiger partial charge in [-0.25, -0.2) is 4.98 Å². The van der Waals surface area contributed by atoms with E-state index in [4.69, 9.17) is 0 Å². The van der Waals surface area contributed by atoms with Gasteiger partial charge in [0.1, 0.15) is 0 Å². The predicted molar refractivity (Wildman–Crippen MR) is 49.2 cm³/mol. The van der Waals surface area contributed by atoms with E-state index in [2.05, 4.69) is 10.3 Å². The van der Waals surface area contributed by atoms with Gasteiger partial charge < -0.3 is 5.32 Å². The number of aromatic nitrogens is 1. The predicted octanol–water partition coefficient (Wildman–Crippen LogP) is 1.61. The van der Waals surface area contributed by atoms with E-state index in [0.29, 0.717) is 5.92 Å². The molecule has 0 amide bonds. The van der Waals surface area contributed by atoms with Gasteiger partial charge in [0.05, 0.1) is 0 Å². The molecular weight excluding hydrogens is 167 g/mol. The number of aryl methyl sites for hydroxylation is 1. The standard InChI is InChI=1S/C10H13FN2/c1-7-5-13-10(11)4-9(7)8-2-3-12-6-8/h4-5,8,12H,2-3,6H2,1H3. The smallest absolute Gasteiger partial charge is 0.213 e. The Labute approximate surface area is 77.2 Å². The Morgan fingerprint density at radius 2 is 2.46 bits per heavy atom. The topological polar surface area (TPSA) is 24.9 Å². The van der Waals surface area contributed by atoms with Crippen molar-refractivity contribution < 1.29 is 4.39 Å². The van der Waals surface area contributed by atoms with Crippen molar-refractivity contribution in [1.82, 2.24) is 10.3 Å². The second kappa shape index (κ2) is 3.42. The Morgan fingerprint density at radius 3 is 3.15 bits per heavy atom. The number of hydrogen-bond acceptors (Lipinski definition) is 2. The summed E-state index contributed by atoms with van der Waals surface area (Å²) in [6.45, 7) is 3.98. The van der Waals surface area contributed by atoms with E-state index >= 15 is 0 Å². The van der Waals surface area contributed by atoms with Gasteiger partial charge >= 0.3 is 0 Å². The van der Waals surface area contributed by atoms with E-state index in [1.54, 1.807) is 12.3 Å². The van der Waals surface area contributed by atoms with E-state index in [1.165, 1.54) is 0 Å². The summed E-state index contributed by atoms with van der Waals surface area (Å²) >= 11 is 0. The van der Waals surface area contributed by atoms with Gasteiger partial charge in [0.25, 0.3) is 0 Å². The summed E-state index contributed by atoms with van der Waals surface area (Å²) in [5, 5.41) is 3.27. The van der Waals surface area contributed by atoms with Crippen LogP contribution in [0.5, 0.6) is 0 Å². The summed E-state index contributed by atoms with van der Waals surface area (Å²) in [4.78, 5) is 3.62. The van der Waals surface area contributed by atoms with Crippen LogP contribution in [0.3, 0.4) is 0 Å². The number of pyridine rings is 1. The molecular formula is C10H13FN2. The zero-order valence-corrected chi connectivity index (χ0v) is 7.68. The van der Waals surface area contributed by atoms with E-state index in [9.17, 15) is 4.39 Å². The summed E-state index contributed by atoms with van der Waals surface area (Å²) < 4.78 is 12.9. The number of nitrogens with one attached hydrogen (secondary N) is 1. The third kappa shape index (κ3) is 1.70. The molecule has 0 saturated carbocycles. The lowest BCUT2D eigenvalue weighted by Crippen LogP contribution is -2.09. The van der Waals surface area contributed by atoms with Crippen LogP contribution in [-0.2, 0) is 0 Å². The molecule has 1 aliphatic heterocycles. The minimum absolute atomic E-state index is 0.368. The van der Waals surface area contributed by atoms with Crippen molar-refractivity contribution in [2.45, 2.75) is 19.3 Å². The summed E-state index contributed by atoms with van der Waals surface area (Å²) in [7, 11) is 0. The molecule has 13 heavy (non-hydrogen) atoms. The first kappa shape index (κ1) is 8.63. The van der Waals surface area contributed by atoms with Crippen LogP contribution in [0.2, 0.25) is 0 Å². The van der Waals surface area contributed by atoms with Crippen molar-refractivity contribution >= 4 is 0 Å². The molecule has 1 N–H and O–H groups in total. The van der Waals surface area contributed by atoms with Gasteiger partial charge in [0, 0.05) is 12.7 Å². The van der Waals surface area contributed by atoms with Crippen LogP contribution in [-0.4, -0.2) is 18.1 Å². The molecule has 1 aromatic heterocycles. The van der Waals surface area contributed by atoms with E-state index in [-0.39, 0.29) is 5.95 Å². The summed E-state index contributed by atoms with van der Waals surface area (Å²) in [5.74, 6) is 0.102. The normalized spacial score (nSPS) is 22.2. The second-order valence-electron chi connectivity index (χ2n) is 3.55. The molecule has 1 saturated heterocycles. The van der Waals surface area contributed by atoms with Crippen molar-refractivity contribution in [1.29, 1.82) is 0 Å². The Kier molecular flexibility index (Phi) is 2.27. The molecule has 0 radical (unpaired) electrons. The van der Waals surface area contributed by atoms with Crippen LogP contribution in [0.1, 0.15) is 23.5 Å². The number of rotatable bonds is 1. The van der Waals surface area contributed by atoms with Gasteiger partial charge in [0.15, 0.2) is 0 Å². The van der Waals surface area contributed by atoms with Crippen molar-refractivity contribution in [3.8, 4) is 0 Å². The monoisotopic (exact) mass is 180 g/mol. The first-order chi connectivity index (χ1) is 6.27. The van der Waals surface area contributed by atoms with Gasteiger partial charge in [-0.2, -0.15) is 4.39 Å². The lowest BCUT2D eigenvalue weighted by Gasteiger charge is -2.11. The zero-order chi connectivity index (χ0) is 9.26. The largest absolute Gasteiger partial charge is 0.316 e.